The van der Waals surface area contributed by atoms with Gasteiger partial charge in [-0.1, -0.05) is 5.16 Å². The summed E-state index contributed by atoms with van der Waals surface area (Å²) < 4.78 is 4.56. The molecule has 5 heterocycles. The molecule has 3 aliphatic rings. The van der Waals surface area contributed by atoms with Crippen LogP contribution in [-0.2, 0) is 25.6 Å². The highest BCUT2D eigenvalue weighted by molar-refractivity contribution is 8.00. The summed E-state index contributed by atoms with van der Waals surface area (Å²) in [5.74, 6) is -2.86. The molecule has 15 nitrogen and oxygen atoms in total. The Morgan fingerprint density at radius 1 is 1.37 bits per heavy atom. The van der Waals surface area contributed by atoms with Gasteiger partial charge in [-0.3, -0.25) is 19.3 Å². The van der Waals surface area contributed by atoms with Gasteiger partial charge in [-0.05, 0) is 0 Å². The predicted molar refractivity (Wildman–Crippen MR) is 146 cm³/mol. The van der Waals surface area contributed by atoms with Crippen LogP contribution in [0.2, 0.25) is 0 Å². The van der Waals surface area contributed by atoms with E-state index >= 15 is 0 Å². The number of carboxylic acid groups (broad SMARTS) is 1. The third kappa shape index (κ3) is 5.64. The number of nitrogens with zero attached hydrogens (tertiary/aromatic N) is 5. The first kappa shape index (κ1) is 28.6. The van der Waals surface area contributed by atoms with Crippen LogP contribution >= 0.6 is 23.3 Å². The van der Waals surface area contributed by atoms with E-state index in [-0.39, 0.29) is 28.1 Å². The lowest BCUT2D eigenvalue weighted by Gasteiger charge is -2.51. The van der Waals surface area contributed by atoms with Crippen LogP contribution in [0.25, 0.3) is 0 Å². The van der Waals surface area contributed by atoms with Gasteiger partial charge in [0.05, 0.1) is 31.3 Å². The van der Waals surface area contributed by atoms with E-state index < -0.39 is 34.6 Å². The SMILES string of the molecule is CON=C(C(=O)N[C@@H]1C(=O)N2C(C(=O)[O-])=C(C[N+]3(CCc4cc(=O)c(O)c[nH]4)CCCC3)CS[C@@H]12)c1nsc(N)n1. The molecule has 2 saturated heterocycles. The molecule has 2 fully saturated rings. The number of pyridine rings is 1. The number of β-lactam (4-membered cyclic amide) rings is 1. The largest absolute Gasteiger partial charge is 0.543 e. The number of fused-ring (bicyclic) bond motifs is 1. The zero-order valence-electron chi connectivity index (χ0n) is 22.0. The summed E-state index contributed by atoms with van der Waals surface area (Å²) in [7, 11) is 1.24. The minimum absolute atomic E-state index is 0.0552. The molecule has 2 amide bonds. The number of aromatic nitrogens is 3. The number of thioether (sulfide) groups is 1. The Morgan fingerprint density at radius 2 is 2.12 bits per heavy atom. The van der Waals surface area contributed by atoms with Gasteiger partial charge in [-0.2, -0.15) is 9.36 Å². The molecule has 41 heavy (non-hydrogen) atoms. The molecule has 0 spiro atoms. The Kier molecular flexibility index (Phi) is 8.01. The number of rotatable bonds is 10. The van der Waals surface area contributed by atoms with E-state index in [0.29, 0.717) is 41.0 Å². The van der Waals surface area contributed by atoms with Gasteiger partial charge in [0.1, 0.15) is 25.1 Å². The lowest BCUT2D eigenvalue weighted by molar-refractivity contribution is -0.912. The lowest BCUT2D eigenvalue weighted by Crippen LogP contribution is -2.72. The van der Waals surface area contributed by atoms with E-state index in [4.69, 9.17) is 10.6 Å². The maximum atomic E-state index is 13.2. The standard InChI is InChI=1S/C24H28N8O7S2/c1-39-29-16(19-28-24(25)41-30-19)20(35)27-17-21(36)31-18(23(37)38)12(11-40-22(17)31)10-32(5-2-3-6-32)7-4-13-8-14(33)15(34)9-26-13/h8-9,17,22H,2-7,10-11H2,1H3,(H5-,25,26,27,28,29,30,33,34,35,37,38)/t17-,22+/m1/s1. The number of nitrogens with two attached hydrogens (primary N) is 1. The van der Waals surface area contributed by atoms with Crippen molar-refractivity contribution in [1.82, 2.24) is 24.6 Å². The van der Waals surface area contributed by atoms with Crippen LogP contribution in [0.3, 0.4) is 0 Å². The van der Waals surface area contributed by atoms with E-state index in [2.05, 4.69) is 24.8 Å². The minimum Gasteiger partial charge on any atom is -0.543 e. The summed E-state index contributed by atoms with van der Waals surface area (Å²) in [5.41, 5.74) is 5.98. The highest BCUT2D eigenvalue weighted by atomic mass is 32.2. The number of anilines is 1. The molecule has 0 saturated carbocycles. The van der Waals surface area contributed by atoms with E-state index in [1.807, 2.05) is 0 Å². The van der Waals surface area contributed by atoms with E-state index in [0.717, 1.165) is 37.5 Å². The molecular formula is C24H28N8O7S2. The van der Waals surface area contributed by atoms with E-state index in [9.17, 15) is 29.4 Å². The molecule has 5 rings (SSSR count). The molecule has 17 heteroatoms. The highest BCUT2D eigenvalue weighted by Crippen LogP contribution is 2.41. The van der Waals surface area contributed by atoms with Crippen LogP contribution < -0.4 is 21.6 Å². The zero-order valence-corrected chi connectivity index (χ0v) is 23.6. The van der Waals surface area contributed by atoms with Crippen molar-refractivity contribution in [3.63, 3.8) is 0 Å². The molecular weight excluding hydrogens is 576 g/mol. The number of nitrogens with one attached hydrogen (secondary N) is 2. The van der Waals surface area contributed by atoms with E-state index in [1.54, 1.807) is 0 Å². The molecule has 0 aliphatic carbocycles. The third-order valence-electron chi connectivity index (χ3n) is 7.43. The molecule has 2 aromatic heterocycles. The number of aliphatic carboxylic acids is 1. The van der Waals surface area contributed by atoms with Crippen molar-refractivity contribution in [3.05, 3.63) is 45.3 Å². The molecule has 0 unspecified atom stereocenters. The summed E-state index contributed by atoms with van der Waals surface area (Å²) in [6, 6.07) is 0.368. The molecule has 5 N–H and O–H groups in total. The Labute approximate surface area is 241 Å². The Balaban J connectivity index is 1.32. The fraction of sp³-hybridized carbons (Fsp3) is 0.458. The number of hydrogen-bond acceptors (Lipinski definition) is 13. The maximum Gasteiger partial charge on any atom is 0.278 e. The van der Waals surface area contributed by atoms with Gasteiger partial charge in [-0.25, -0.2) is 0 Å². The smallest absolute Gasteiger partial charge is 0.278 e. The minimum atomic E-state index is -1.45. The summed E-state index contributed by atoms with van der Waals surface area (Å²) >= 11 is 2.23. The molecule has 2 atom stereocenters. The average molecular weight is 605 g/mol. The maximum absolute atomic E-state index is 13.2. The van der Waals surface area contributed by atoms with Crippen molar-refractivity contribution in [3.8, 4) is 5.75 Å². The van der Waals surface area contributed by atoms with Gasteiger partial charge in [0, 0.05) is 60.1 Å². The van der Waals surface area contributed by atoms with Crippen LogP contribution in [-0.4, -0.2) is 103 Å². The topological polar surface area (TPSA) is 216 Å². The van der Waals surface area contributed by atoms with Crippen molar-refractivity contribution in [1.29, 1.82) is 0 Å². The van der Waals surface area contributed by atoms with Crippen molar-refractivity contribution < 1.29 is 33.9 Å². The van der Waals surface area contributed by atoms with Crippen LogP contribution in [0.5, 0.6) is 5.75 Å². The second kappa shape index (κ2) is 11.5. The molecule has 0 bridgehead atoms. The molecule has 0 aromatic carbocycles. The monoisotopic (exact) mass is 604 g/mol. The summed E-state index contributed by atoms with van der Waals surface area (Å²) in [6.07, 6.45) is 3.73. The fourth-order valence-electron chi connectivity index (χ4n) is 5.49. The highest BCUT2D eigenvalue weighted by Gasteiger charge is 2.54. The second-order valence-corrected chi connectivity index (χ2v) is 11.9. The normalized spacial score (nSPS) is 21.8. The summed E-state index contributed by atoms with van der Waals surface area (Å²) in [4.78, 5) is 63.1. The number of nitrogen functional groups attached to an aromatic ring is 1. The van der Waals surface area contributed by atoms with Crippen molar-refractivity contribution in [2.75, 3.05) is 44.8 Å². The van der Waals surface area contributed by atoms with Crippen molar-refractivity contribution in [2.45, 2.75) is 30.7 Å². The van der Waals surface area contributed by atoms with Crippen LogP contribution in [0.1, 0.15) is 24.4 Å². The third-order valence-corrected chi connectivity index (χ3v) is 9.31. The van der Waals surface area contributed by atoms with Crippen molar-refractivity contribution in [2.24, 2.45) is 5.16 Å². The van der Waals surface area contributed by atoms with Gasteiger partial charge in [0.2, 0.25) is 17.0 Å². The number of amides is 2. The molecule has 0 radical (unpaired) electrons. The number of quaternary nitrogens is 1. The first-order valence-corrected chi connectivity index (χ1v) is 14.6. The number of likely N-dealkylation sites (tertiary alicyclic amines) is 1. The average Bonchev–Trinajstić information content (AvgIpc) is 3.59. The number of aromatic hydroxyl groups is 1. The van der Waals surface area contributed by atoms with Gasteiger partial charge in [0.15, 0.2) is 10.9 Å². The second-order valence-electron chi connectivity index (χ2n) is 10.0. The van der Waals surface area contributed by atoms with Gasteiger partial charge < -0.3 is 40.4 Å². The molecule has 218 valence electrons. The quantitative estimate of drug-likeness (QED) is 0.102. The first-order chi connectivity index (χ1) is 19.6. The number of oxime groups is 1. The molecule has 2 aromatic rings. The zero-order chi connectivity index (χ0) is 29.3. The Morgan fingerprint density at radius 3 is 2.76 bits per heavy atom. The Hall–Kier alpha value is -3.96. The van der Waals surface area contributed by atoms with Crippen LogP contribution in [0, 0.1) is 0 Å². The number of carbonyl (C=O) groups is 3. The molecule has 3 aliphatic heterocycles. The van der Waals surface area contributed by atoms with Crippen molar-refractivity contribution >= 4 is 51.9 Å². The van der Waals surface area contributed by atoms with Gasteiger partial charge >= 0.3 is 0 Å². The number of carboxylic acids is 1. The number of aromatic amines is 1. The lowest BCUT2D eigenvalue weighted by atomic mass is 10.0. The van der Waals surface area contributed by atoms with E-state index in [1.165, 1.54) is 36.0 Å². The number of H-pyrrole nitrogens is 1. The predicted octanol–water partition coefficient (Wildman–Crippen LogP) is -1.88. The number of carbonyl (C=O) groups excluding carboxylic acids is 3. The van der Waals surface area contributed by atoms with Crippen LogP contribution in [0.4, 0.5) is 5.13 Å². The fourth-order valence-corrected chi connectivity index (χ4v) is 7.26. The van der Waals surface area contributed by atoms with Gasteiger partial charge in [-0.15, -0.1) is 11.8 Å². The van der Waals surface area contributed by atoms with Gasteiger partial charge in [0.25, 0.3) is 11.8 Å². The number of hydrogen-bond donors (Lipinski definition) is 4. The summed E-state index contributed by atoms with van der Waals surface area (Å²) in [5, 5.41) is 27.6. The first-order valence-electron chi connectivity index (χ1n) is 12.8. The Bertz CT molecular complexity index is 1500. The summed E-state index contributed by atoms with van der Waals surface area (Å²) in [6.45, 7) is 2.70. The van der Waals surface area contributed by atoms with Crippen LogP contribution in [0.15, 0.2) is 33.5 Å².